The van der Waals surface area contributed by atoms with Crippen LogP contribution < -0.4 is 5.32 Å². The molecule has 92 valence electrons. The highest BCUT2D eigenvalue weighted by Gasteiger charge is 2.17. The quantitative estimate of drug-likeness (QED) is 0.840. The van der Waals surface area contributed by atoms with E-state index in [-0.39, 0.29) is 6.42 Å². The Morgan fingerprint density at radius 3 is 3.12 bits per heavy atom. The second kappa shape index (κ2) is 5.21. The molecule has 3 heteroatoms. The molecule has 17 heavy (non-hydrogen) atoms. The minimum Gasteiger partial charge on any atom is -0.481 e. The maximum Gasteiger partial charge on any atom is 0.303 e. The molecule has 0 unspecified atom stereocenters. The van der Waals surface area contributed by atoms with Crippen LogP contribution in [0.3, 0.4) is 0 Å². The van der Waals surface area contributed by atoms with Gasteiger partial charge in [-0.3, -0.25) is 4.79 Å². The van der Waals surface area contributed by atoms with Crippen molar-refractivity contribution in [2.24, 2.45) is 5.92 Å². The van der Waals surface area contributed by atoms with Crippen molar-refractivity contribution in [1.82, 2.24) is 0 Å². The first kappa shape index (κ1) is 12.0. The van der Waals surface area contributed by atoms with Gasteiger partial charge in [0, 0.05) is 18.7 Å². The van der Waals surface area contributed by atoms with Crippen LogP contribution in [-0.2, 0) is 11.2 Å². The molecule has 1 aromatic carbocycles. The van der Waals surface area contributed by atoms with Crippen molar-refractivity contribution >= 4 is 11.7 Å². The summed E-state index contributed by atoms with van der Waals surface area (Å²) in [6.45, 7) is 3.07. The standard InChI is InChI=1S/C14H19NO2/c1-10-5-6-12-8-11(3-2-4-14(16)17)9-15-13(12)7-10/h5-7,11,15H,2-4,8-9H2,1H3,(H,16,17)/t11-/m1/s1. The summed E-state index contributed by atoms with van der Waals surface area (Å²) in [5, 5.41) is 12.1. The van der Waals surface area contributed by atoms with Gasteiger partial charge in [-0.05, 0) is 49.3 Å². The molecule has 1 aromatic rings. The fourth-order valence-corrected chi connectivity index (χ4v) is 2.42. The first-order chi connectivity index (χ1) is 8.15. The number of nitrogens with one attached hydrogen (secondary N) is 1. The summed E-state index contributed by atoms with van der Waals surface area (Å²) in [4.78, 5) is 10.5. The molecule has 0 saturated carbocycles. The van der Waals surface area contributed by atoms with E-state index in [4.69, 9.17) is 5.11 Å². The average Bonchev–Trinajstić information content (AvgIpc) is 2.29. The third-order valence-corrected chi connectivity index (χ3v) is 3.36. The maximum absolute atomic E-state index is 10.5. The SMILES string of the molecule is Cc1ccc2c(c1)NC[C@H](CCCC(=O)O)C2. The molecule has 1 aliphatic rings. The second-order valence-corrected chi connectivity index (χ2v) is 4.90. The number of hydrogen-bond acceptors (Lipinski definition) is 2. The lowest BCUT2D eigenvalue weighted by atomic mass is 9.89. The van der Waals surface area contributed by atoms with Crippen molar-refractivity contribution in [3.63, 3.8) is 0 Å². The first-order valence-electron chi connectivity index (χ1n) is 6.20. The van der Waals surface area contributed by atoms with E-state index in [0.29, 0.717) is 5.92 Å². The predicted octanol–water partition coefficient (Wildman–Crippen LogP) is 2.83. The number of carboxylic acids is 1. The first-order valence-corrected chi connectivity index (χ1v) is 6.20. The van der Waals surface area contributed by atoms with Crippen LogP contribution in [0.5, 0.6) is 0 Å². The molecule has 0 aliphatic carbocycles. The molecule has 1 heterocycles. The van der Waals surface area contributed by atoms with Crippen LogP contribution in [0, 0.1) is 12.8 Å². The van der Waals surface area contributed by atoms with Gasteiger partial charge >= 0.3 is 5.97 Å². The van der Waals surface area contributed by atoms with E-state index >= 15 is 0 Å². The van der Waals surface area contributed by atoms with Gasteiger partial charge in [-0.1, -0.05) is 12.1 Å². The zero-order chi connectivity index (χ0) is 12.3. The number of carbonyl (C=O) groups is 1. The molecular formula is C14H19NO2. The van der Waals surface area contributed by atoms with E-state index in [1.54, 1.807) is 0 Å². The third kappa shape index (κ3) is 3.22. The summed E-state index contributed by atoms with van der Waals surface area (Å²) in [6, 6.07) is 6.50. The lowest BCUT2D eigenvalue weighted by molar-refractivity contribution is -0.137. The predicted molar refractivity (Wildman–Crippen MR) is 68.3 cm³/mol. The van der Waals surface area contributed by atoms with Crippen LogP contribution in [0.4, 0.5) is 5.69 Å². The number of hydrogen-bond donors (Lipinski definition) is 2. The van der Waals surface area contributed by atoms with Gasteiger partial charge in [0.15, 0.2) is 0 Å². The highest BCUT2D eigenvalue weighted by atomic mass is 16.4. The maximum atomic E-state index is 10.5. The largest absolute Gasteiger partial charge is 0.481 e. The van der Waals surface area contributed by atoms with Gasteiger partial charge in [-0.25, -0.2) is 0 Å². The Balaban J connectivity index is 1.90. The normalized spacial score (nSPS) is 18.3. The third-order valence-electron chi connectivity index (χ3n) is 3.36. The van der Waals surface area contributed by atoms with E-state index in [2.05, 4.69) is 30.4 Å². The van der Waals surface area contributed by atoms with Gasteiger partial charge in [-0.15, -0.1) is 0 Å². The van der Waals surface area contributed by atoms with Gasteiger partial charge in [0.25, 0.3) is 0 Å². The number of anilines is 1. The zero-order valence-corrected chi connectivity index (χ0v) is 10.2. The molecule has 0 bridgehead atoms. The van der Waals surface area contributed by atoms with Gasteiger partial charge in [-0.2, -0.15) is 0 Å². The number of benzene rings is 1. The summed E-state index contributed by atoms with van der Waals surface area (Å²) < 4.78 is 0. The summed E-state index contributed by atoms with van der Waals surface area (Å²) >= 11 is 0. The zero-order valence-electron chi connectivity index (χ0n) is 10.2. The van der Waals surface area contributed by atoms with Gasteiger partial charge < -0.3 is 10.4 Å². The molecule has 0 saturated heterocycles. The van der Waals surface area contributed by atoms with Gasteiger partial charge in [0.1, 0.15) is 0 Å². The van der Waals surface area contributed by atoms with Gasteiger partial charge in [0.05, 0.1) is 0 Å². The molecular weight excluding hydrogens is 214 g/mol. The molecule has 0 radical (unpaired) electrons. The monoisotopic (exact) mass is 233 g/mol. The van der Waals surface area contributed by atoms with Crippen LogP contribution in [0.25, 0.3) is 0 Å². The van der Waals surface area contributed by atoms with Crippen LogP contribution in [0.2, 0.25) is 0 Å². The average molecular weight is 233 g/mol. The molecule has 3 nitrogen and oxygen atoms in total. The Morgan fingerprint density at radius 2 is 2.35 bits per heavy atom. The van der Waals surface area contributed by atoms with Crippen molar-refractivity contribution in [2.45, 2.75) is 32.6 Å². The fourth-order valence-electron chi connectivity index (χ4n) is 2.42. The Morgan fingerprint density at radius 1 is 1.53 bits per heavy atom. The lowest BCUT2D eigenvalue weighted by Crippen LogP contribution is -2.23. The van der Waals surface area contributed by atoms with E-state index in [1.165, 1.54) is 16.8 Å². The molecule has 0 aromatic heterocycles. The molecule has 1 atom stereocenters. The summed E-state index contributed by atoms with van der Waals surface area (Å²) in [7, 11) is 0. The molecule has 1 aliphatic heterocycles. The Bertz CT molecular complexity index is 415. The number of aryl methyl sites for hydroxylation is 1. The van der Waals surface area contributed by atoms with Crippen molar-refractivity contribution in [2.75, 3.05) is 11.9 Å². The molecule has 2 rings (SSSR count). The lowest BCUT2D eigenvalue weighted by Gasteiger charge is -2.26. The van der Waals surface area contributed by atoms with Crippen molar-refractivity contribution in [1.29, 1.82) is 0 Å². The Hall–Kier alpha value is -1.51. The van der Waals surface area contributed by atoms with Crippen molar-refractivity contribution in [3.05, 3.63) is 29.3 Å². The molecule has 0 amide bonds. The topological polar surface area (TPSA) is 49.3 Å². The molecule has 2 N–H and O–H groups in total. The highest BCUT2D eigenvalue weighted by molar-refractivity contribution is 5.66. The summed E-state index contributed by atoms with van der Waals surface area (Å²) in [5.74, 6) is -0.116. The van der Waals surface area contributed by atoms with E-state index < -0.39 is 5.97 Å². The van der Waals surface area contributed by atoms with Crippen LogP contribution in [0.15, 0.2) is 18.2 Å². The van der Waals surface area contributed by atoms with Crippen LogP contribution in [0.1, 0.15) is 30.4 Å². The minimum absolute atomic E-state index is 0.289. The van der Waals surface area contributed by atoms with E-state index in [1.807, 2.05) is 0 Å². The summed E-state index contributed by atoms with van der Waals surface area (Å²) in [5.41, 5.74) is 3.89. The summed E-state index contributed by atoms with van der Waals surface area (Å²) in [6.07, 6.45) is 3.13. The van der Waals surface area contributed by atoms with Gasteiger partial charge in [0.2, 0.25) is 0 Å². The molecule has 0 spiro atoms. The number of carboxylic acid groups (broad SMARTS) is 1. The second-order valence-electron chi connectivity index (χ2n) is 4.90. The smallest absolute Gasteiger partial charge is 0.303 e. The fraction of sp³-hybridized carbons (Fsp3) is 0.500. The van der Waals surface area contributed by atoms with Crippen molar-refractivity contribution < 1.29 is 9.90 Å². The number of fused-ring (bicyclic) bond motifs is 1. The Kier molecular flexibility index (Phi) is 3.67. The van der Waals surface area contributed by atoms with Crippen molar-refractivity contribution in [3.8, 4) is 0 Å². The van der Waals surface area contributed by atoms with E-state index in [0.717, 1.165) is 25.8 Å². The Labute approximate surface area is 102 Å². The number of aliphatic carboxylic acids is 1. The van der Waals surface area contributed by atoms with Crippen LogP contribution >= 0.6 is 0 Å². The van der Waals surface area contributed by atoms with Crippen LogP contribution in [-0.4, -0.2) is 17.6 Å². The highest BCUT2D eigenvalue weighted by Crippen LogP contribution is 2.27. The minimum atomic E-state index is -0.690. The molecule has 0 fully saturated rings. The number of rotatable bonds is 4. The van der Waals surface area contributed by atoms with E-state index in [9.17, 15) is 4.79 Å².